The number of aromatic nitrogens is 2. The van der Waals surface area contributed by atoms with Gasteiger partial charge in [-0.05, 0) is 23.8 Å². The van der Waals surface area contributed by atoms with Gasteiger partial charge in [0.05, 0.1) is 5.52 Å². The Morgan fingerprint density at radius 3 is 2.67 bits per heavy atom. The molecule has 0 atom stereocenters. The molecule has 1 N–H and O–H groups in total. The molecule has 0 bridgehead atoms. The van der Waals surface area contributed by atoms with Crippen LogP contribution in [0.15, 0.2) is 53.0 Å². The second kappa shape index (κ2) is 5.69. The molecule has 1 amide bonds. The summed E-state index contributed by atoms with van der Waals surface area (Å²) in [7, 11) is 1.84. The quantitative estimate of drug-likeness (QED) is 0.793. The maximum Gasteiger partial charge on any atom is 0.272 e. The third kappa shape index (κ3) is 2.83. The zero-order valence-corrected chi connectivity index (χ0v) is 13.1. The van der Waals surface area contributed by atoms with Crippen molar-refractivity contribution >= 4 is 32.7 Å². The van der Waals surface area contributed by atoms with E-state index in [1.165, 1.54) is 0 Å². The first-order valence-electron chi connectivity index (χ1n) is 6.59. The van der Waals surface area contributed by atoms with Gasteiger partial charge in [0.25, 0.3) is 5.91 Å². The van der Waals surface area contributed by atoms with Crippen LogP contribution in [0.4, 0.5) is 0 Å². The average molecular weight is 344 g/mol. The maximum atomic E-state index is 12.3. The Kier molecular flexibility index (Phi) is 3.75. The predicted octanol–water partition coefficient (Wildman–Crippen LogP) is 3.27. The number of carbonyl (C=O) groups is 1. The summed E-state index contributed by atoms with van der Waals surface area (Å²) in [4.78, 5) is 12.3. The number of rotatable bonds is 3. The topological polar surface area (TPSA) is 46.9 Å². The number of aryl methyl sites for hydroxylation is 1. The number of fused-ring (bicyclic) bond motifs is 1. The summed E-state index contributed by atoms with van der Waals surface area (Å²) in [5.74, 6) is -0.158. The van der Waals surface area contributed by atoms with Crippen molar-refractivity contribution in [2.75, 3.05) is 0 Å². The Bertz CT molecular complexity index is 793. The lowest BCUT2D eigenvalue weighted by Gasteiger charge is -2.04. The first-order valence-corrected chi connectivity index (χ1v) is 7.39. The van der Waals surface area contributed by atoms with Gasteiger partial charge in [-0.25, -0.2) is 0 Å². The summed E-state index contributed by atoms with van der Waals surface area (Å²) < 4.78 is 2.75. The predicted molar refractivity (Wildman–Crippen MR) is 86.0 cm³/mol. The molecule has 2 aromatic carbocycles. The number of carbonyl (C=O) groups excluding carboxylic acids is 1. The number of para-hydroxylation sites is 1. The molecule has 1 heterocycles. The minimum Gasteiger partial charge on any atom is -0.347 e. The van der Waals surface area contributed by atoms with E-state index >= 15 is 0 Å². The highest BCUT2D eigenvalue weighted by molar-refractivity contribution is 9.10. The molecule has 0 saturated carbocycles. The molecule has 0 aliphatic rings. The molecule has 0 fully saturated rings. The lowest BCUT2D eigenvalue weighted by molar-refractivity contribution is 0.0947. The molecule has 0 aliphatic heterocycles. The van der Waals surface area contributed by atoms with Gasteiger partial charge in [0.15, 0.2) is 5.69 Å². The van der Waals surface area contributed by atoms with Crippen molar-refractivity contribution in [1.29, 1.82) is 0 Å². The molecule has 106 valence electrons. The van der Waals surface area contributed by atoms with Gasteiger partial charge in [-0.15, -0.1) is 0 Å². The Hall–Kier alpha value is -2.14. The molecule has 1 aromatic heterocycles. The summed E-state index contributed by atoms with van der Waals surface area (Å²) in [6, 6.07) is 15.6. The van der Waals surface area contributed by atoms with Gasteiger partial charge >= 0.3 is 0 Å². The molecule has 4 nitrogen and oxygen atoms in total. The van der Waals surface area contributed by atoms with Crippen LogP contribution in [-0.2, 0) is 13.6 Å². The van der Waals surface area contributed by atoms with E-state index in [-0.39, 0.29) is 5.91 Å². The van der Waals surface area contributed by atoms with E-state index in [4.69, 9.17) is 0 Å². The van der Waals surface area contributed by atoms with Crippen molar-refractivity contribution in [3.8, 4) is 0 Å². The van der Waals surface area contributed by atoms with E-state index in [0.29, 0.717) is 12.2 Å². The third-order valence-electron chi connectivity index (χ3n) is 3.34. The van der Waals surface area contributed by atoms with Crippen molar-refractivity contribution in [2.24, 2.45) is 7.05 Å². The minimum absolute atomic E-state index is 0.158. The van der Waals surface area contributed by atoms with Crippen molar-refractivity contribution < 1.29 is 4.79 Å². The van der Waals surface area contributed by atoms with Crippen LogP contribution in [0.3, 0.4) is 0 Å². The summed E-state index contributed by atoms with van der Waals surface area (Å²) >= 11 is 3.39. The molecule has 5 heteroatoms. The van der Waals surface area contributed by atoms with Gasteiger partial charge in [-0.1, -0.05) is 46.3 Å². The molecule has 3 rings (SSSR count). The zero-order chi connectivity index (χ0) is 14.8. The van der Waals surface area contributed by atoms with E-state index in [1.807, 2.05) is 55.6 Å². The second-order valence-corrected chi connectivity index (χ2v) is 5.71. The standard InChI is InChI=1S/C16H14BrN3O/c1-20-14-5-3-2-4-13(14)15(19-20)16(21)18-10-11-6-8-12(17)9-7-11/h2-9H,10H2,1H3,(H,18,21). The van der Waals surface area contributed by atoms with Gasteiger partial charge in [0, 0.05) is 23.5 Å². The number of nitrogens with one attached hydrogen (secondary N) is 1. The lowest BCUT2D eigenvalue weighted by Crippen LogP contribution is -2.23. The van der Waals surface area contributed by atoms with Gasteiger partial charge in [0.1, 0.15) is 0 Å². The van der Waals surface area contributed by atoms with Crippen LogP contribution in [0.1, 0.15) is 16.1 Å². The fourth-order valence-corrected chi connectivity index (χ4v) is 2.51. The number of benzene rings is 2. The molecular formula is C16H14BrN3O. The van der Waals surface area contributed by atoms with Crippen LogP contribution in [0, 0.1) is 0 Å². The number of amides is 1. The van der Waals surface area contributed by atoms with Crippen LogP contribution in [-0.4, -0.2) is 15.7 Å². The van der Waals surface area contributed by atoms with Crippen molar-refractivity contribution in [1.82, 2.24) is 15.1 Å². The van der Waals surface area contributed by atoms with E-state index < -0.39 is 0 Å². The first-order chi connectivity index (χ1) is 10.1. The Labute approximate surface area is 130 Å². The van der Waals surface area contributed by atoms with E-state index in [0.717, 1.165) is 20.9 Å². The summed E-state index contributed by atoms with van der Waals surface area (Å²) in [6.07, 6.45) is 0. The van der Waals surface area contributed by atoms with Gasteiger partial charge in [-0.3, -0.25) is 9.48 Å². The second-order valence-electron chi connectivity index (χ2n) is 4.80. The molecular weight excluding hydrogens is 330 g/mol. The van der Waals surface area contributed by atoms with Crippen LogP contribution in [0.25, 0.3) is 10.9 Å². The van der Waals surface area contributed by atoms with Gasteiger partial charge in [-0.2, -0.15) is 5.10 Å². The van der Waals surface area contributed by atoms with Crippen molar-refractivity contribution in [2.45, 2.75) is 6.54 Å². The fourth-order valence-electron chi connectivity index (χ4n) is 2.25. The monoisotopic (exact) mass is 343 g/mol. The smallest absolute Gasteiger partial charge is 0.272 e. The molecule has 0 saturated heterocycles. The van der Waals surface area contributed by atoms with E-state index in [2.05, 4.69) is 26.3 Å². The molecule has 0 aliphatic carbocycles. The fraction of sp³-hybridized carbons (Fsp3) is 0.125. The Morgan fingerprint density at radius 2 is 1.90 bits per heavy atom. The highest BCUT2D eigenvalue weighted by Gasteiger charge is 2.15. The highest BCUT2D eigenvalue weighted by atomic mass is 79.9. The number of hydrogen-bond acceptors (Lipinski definition) is 2. The minimum atomic E-state index is -0.158. The summed E-state index contributed by atoms with van der Waals surface area (Å²) in [6.45, 7) is 0.483. The van der Waals surface area contributed by atoms with Crippen LogP contribution >= 0.6 is 15.9 Å². The summed E-state index contributed by atoms with van der Waals surface area (Å²) in [5, 5.41) is 8.09. The van der Waals surface area contributed by atoms with Crippen LogP contribution in [0.5, 0.6) is 0 Å². The first kappa shape index (κ1) is 13.8. The number of halogens is 1. The largest absolute Gasteiger partial charge is 0.347 e. The molecule has 21 heavy (non-hydrogen) atoms. The van der Waals surface area contributed by atoms with Gasteiger partial charge in [0.2, 0.25) is 0 Å². The highest BCUT2D eigenvalue weighted by Crippen LogP contribution is 2.17. The SMILES string of the molecule is Cn1nc(C(=O)NCc2ccc(Br)cc2)c2ccccc21. The normalized spacial score (nSPS) is 10.8. The molecule has 0 radical (unpaired) electrons. The molecule has 0 spiro atoms. The van der Waals surface area contributed by atoms with Crippen molar-refractivity contribution in [3.63, 3.8) is 0 Å². The lowest BCUT2D eigenvalue weighted by atomic mass is 10.2. The molecule has 3 aromatic rings. The number of hydrogen-bond donors (Lipinski definition) is 1. The van der Waals surface area contributed by atoms with Crippen LogP contribution < -0.4 is 5.32 Å². The Balaban J connectivity index is 1.79. The molecule has 0 unspecified atom stereocenters. The Morgan fingerprint density at radius 1 is 1.19 bits per heavy atom. The zero-order valence-electron chi connectivity index (χ0n) is 11.5. The maximum absolute atomic E-state index is 12.3. The van der Waals surface area contributed by atoms with E-state index in [1.54, 1.807) is 4.68 Å². The van der Waals surface area contributed by atoms with Crippen molar-refractivity contribution in [3.05, 3.63) is 64.3 Å². The third-order valence-corrected chi connectivity index (χ3v) is 3.87. The summed E-state index contributed by atoms with van der Waals surface area (Å²) in [5.41, 5.74) is 2.46. The average Bonchev–Trinajstić information content (AvgIpc) is 2.84. The van der Waals surface area contributed by atoms with Crippen LogP contribution in [0.2, 0.25) is 0 Å². The number of nitrogens with zero attached hydrogens (tertiary/aromatic N) is 2. The van der Waals surface area contributed by atoms with E-state index in [9.17, 15) is 4.79 Å². The van der Waals surface area contributed by atoms with Gasteiger partial charge < -0.3 is 5.32 Å².